The van der Waals surface area contributed by atoms with Crippen molar-refractivity contribution in [3.63, 3.8) is 0 Å². The SMILES string of the molecule is FCc1cc(CF)cc(-c2cccc(C(F)(F)F)c2-n2c3c(sc2=S)CCCC3)c1. The summed E-state index contributed by atoms with van der Waals surface area (Å²) in [6, 6.07) is 8.23. The van der Waals surface area contributed by atoms with Crippen LogP contribution in [0.25, 0.3) is 16.8 Å². The third kappa shape index (κ3) is 3.83. The minimum atomic E-state index is -4.61. The molecule has 3 aromatic rings. The van der Waals surface area contributed by atoms with Crippen molar-refractivity contribution in [2.75, 3.05) is 0 Å². The fourth-order valence-electron chi connectivity index (χ4n) is 4.01. The van der Waals surface area contributed by atoms with Gasteiger partial charge in [-0.05, 0) is 72.8 Å². The second kappa shape index (κ2) is 8.23. The smallest absolute Gasteiger partial charge is 0.294 e. The maximum atomic E-state index is 14.0. The fraction of sp³-hybridized carbons (Fsp3) is 0.318. The second-order valence-electron chi connectivity index (χ2n) is 7.29. The Labute approximate surface area is 179 Å². The summed E-state index contributed by atoms with van der Waals surface area (Å²) in [4.78, 5) is 1.01. The van der Waals surface area contributed by atoms with Crippen LogP contribution in [0, 0.1) is 3.95 Å². The lowest BCUT2D eigenvalue weighted by molar-refractivity contribution is -0.137. The van der Waals surface area contributed by atoms with Gasteiger partial charge >= 0.3 is 6.18 Å². The number of fused-ring (bicyclic) bond motifs is 1. The quantitative estimate of drug-likeness (QED) is 0.287. The summed E-state index contributed by atoms with van der Waals surface area (Å²) in [6.07, 6.45) is -1.30. The molecule has 0 atom stereocenters. The van der Waals surface area contributed by atoms with Crippen LogP contribution in [0.4, 0.5) is 22.0 Å². The van der Waals surface area contributed by atoms with Crippen molar-refractivity contribution in [1.82, 2.24) is 4.57 Å². The number of rotatable bonds is 4. The van der Waals surface area contributed by atoms with E-state index in [2.05, 4.69) is 0 Å². The van der Waals surface area contributed by atoms with Crippen molar-refractivity contribution in [2.45, 2.75) is 45.2 Å². The van der Waals surface area contributed by atoms with Crippen LogP contribution in [0.15, 0.2) is 36.4 Å². The van der Waals surface area contributed by atoms with E-state index in [9.17, 15) is 22.0 Å². The van der Waals surface area contributed by atoms with Crippen LogP contribution in [0.5, 0.6) is 0 Å². The summed E-state index contributed by atoms with van der Waals surface area (Å²) < 4.78 is 70.7. The highest BCUT2D eigenvalue weighted by atomic mass is 32.1. The Hall–Kier alpha value is -2.06. The normalized spacial score (nSPS) is 14.0. The Kier molecular flexibility index (Phi) is 5.81. The number of benzene rings is 2. The molecule has 0 spiro atoms. The van der Waals surface area contributed by atoms with E-state index in [1.54, 1.807) is 6.07 Å². The van der Waals surface area contributed by atoms with Gasteiger partial charge in [0.2, 0.25) is 0 Å². The predicted octanol–water partition coefficient (Wildman–Crippen LogP) is 7.77. The molecule has 1 nitrogen and oxygen atoms in total. The van der Waals surface area contributed by atoms with Crippen LogP contribution in [0.2, 0.25) is 0 Å². The van der Waals surface area contributed by atoms with E-state index < -0.39 is 25.1 Å². The second-order valence-corrected chi connectivity index (χ2v) is 9.01. The standard InChI is InChI=1S/C22H18F5NS2/c23-11-13-8-14(12-24)10-15(9-13)16-4-3-5-17(22(25,26)27)20(16)28-18-6-1-2-7-19(18)30-21(28)29/h3-5,8-10H,1-2,6-7,11-12H2. The van der Waals surface area contributed by atoms with Gasteiger partial charge in [0.1, 0.15) is 13.3 Å². The van der Waals surface area contributed by atoms with Gasteiger partial charge in [-0.2, -0.15) is 13.2 Å². The van der Waals surface area contributed by atoms with Crippen LogP contribution in [-0.2, 0) is 32.4 Å². The first-order chi connectivity index (χ1) is 14.3. The molecule has 2 aromatic carbocycles. The summed E-state index contributed by atoms with van der Waals surface area (Å²) >= 11 is 6.83. The molecule has 158 valence electrons. The molecule has 1 heterocycles. The molecule has 0 saturated heterocycles. The third-order valence-electron chi connectivity index (χ3n) is 5.29. The van der Waals surface area contributed by atoms with Crippen LogP contribution in [0.3, 0.4) is 0 Å². The monoisotopic (exact) mass is 455 g/mol. The van der Waals surface area contributed by atoms with E-state index in [1.165, 1.54) is 40.2 Å². The predicted molar refractivity (Wildman–Crippen MR) is 111 cm³/mol. The highest BCUT2D eigenvalue weighted by Crippen LogP contribution is 2.42. The molecule has 0 saturated carbocycles. The molecule has 0 bridgehead atoms. The average Bonchev–Trinajstić information content (AvgIpc) is 3.07. The van der Waals surface area contributed by atoms with Crippen molar-refractivity contribution >= 4 is 23.6 Å². The molecular formula is C22H18F5NS2. The Morgan fingerprint density at radius 2 is 1.63 bits per heavy atom. The average molecular weight is 456 g/mol. The fourth-order valence-corrected chi connectivity index (χ4v) is 5.58. The zero-order valence-electron chi connectivity index (χ0n) is 15.9. The lowest BCUT2D eigenvalue weighted by Gasteiger charge is -2.22. The zero-order valence-corrected chi connectivity index (χ0v) is 17.5. The molecule has 1 aliphatic carbocycles. The third-order valence-corrected chi connectivity index (χ3v) is 6.77. The van der Waals surface area contributed by atoms with Crippen LogP contribution in [-0.4, -0.2) is 4.57 Å². The molecule has 0 radical (unpaired) electrons. The summed E-state index contributed by atoms with van der Waals surface area (Å²) in [6.45, 7) is -1.66. The molecule has 1 aliphatic rings. The van der Waals surface area contributed by atoms with E-state index in [1.807, 2.05) is 0 Å². The summed E-state index contributed by atoms with van der Waals surface area (Å²) in [5.74, 6) is 0. The summed E-state index contributed by atoms with van der Waals surface area (Å²) in [7, 11) is 0. The maximum absolute atomic E-state index is 14.0. The number of nitrogens with zero attached hydrogens (tertiary/aromatic N) is 1. The van der Waals surface area contributed by atoms with Gasteiger partial charge in [0, 0.05) is 16.1 Å². The van der Waals surface area contributed by atoms with Gasteiger partial charge < -0.3 is 0 Å². The van der Waals surface area contributed by atoms with Gasteiger partial charge in [-0.1, -0.05) is 18.2 Å². The Bertz CT molecular complexity index is 1120. The number of thiazole rings is 1. The van der Waals surface area contributed by atoms with Gasteiger partial charge in [-0.25, -0.2) is 8.78 Å². The van der Waals surface area contributed by atoms with Crippen molar-refractivity contribution in [3.05, 3.63) is 67.6 Å². The van der Waals surface area contributed by atoms with E-state index in [0.717, 1.165) is 35.9 Å². The van der Waals surface area contributed by atoms with Gasteiger partial charge in [-0.15, -0.1) is 11.3 Å². The van der Waals surface area contributed by atoms with Crippen LogP contribution >= 0.6 is 23.6 Å². The number of para-hydroxylation sites is 1. The van der Waals surface area contributed by atoms with E-state index in [-0.39, 0.29) is 22.4 Å². The maximum Gasteiger partial charge on any atom is 0.418 e. The Morgan fingerprint density at radius 3 is 2.27 bits per heavy atom. The molecule has 0 aliphatic heterocycles. The van der Waals surface area contributed by atoms with Gasteiger partial charge in [0.15, 0.2) is 3.95 Å². The van der Waals surface area contributed by atoms with Crippen molar-refractivity contribution in [3.8, 4) is 16.8 Å². The first-order valence-electron chi connectivity index (χ1n) is 9.52. The summed E-state index contributed by atoms with van der Waals surface area (Å²) in [5.41, 5.74) is 0.985. The zero-order chi connectivity index (χ0) is 21.5. The number of hydrogen-bond donors (Lipinski definition) is 0. The summed E-state index contributed by atoms with van der Waals surface area (Å²) in [5, 5.41) is 0. The highest BCUT2D eigenvalue weighted by molar-refractivity contribution is 7.73. The Morgan fingerprint density at radius 1 is 0.967 bits per heavy atom. The van der Waals surface area contributed by atoms with E-state index in [4.69, 9.17) is 12.2 Å². The molecule has 30 heavy (non-hydrogen) atoms. The number of hydrogen-bond acceptors (Lipinski definition) is 2. The molecule has 4 rings (SSSR count). The van der Waals surface area contributed by atoms with Crippen LogP contribution < -0.4 is 0 Å². The van der Waals surface area contributed by atoms with Crippen molar-refractivity contribution in [2.24, 2.45) is 0 Å². The van der Waals surface area contributed by atoms with Crippen molar-refractivity contribution in [1.29, 1.82) is 0 Å². The first-order valence-corrected chi connectivity index (χ1v) is 10.7. The van der Waals surface area contributed by atoms with Gasteiger partial charge in [0.05, 0.1) is 11.3 Å². The molecule has 8 heteroatoms. The van der Waals surface area contributed by atoms with Gasteiger partial charge in [0.25, 0.3) is 0 Å². The topological polar surface area (TPSA) is 4.93 Å². The first kappa shape index (κ1) is 21.2. The molecule has 1 aromatic heterocycles. The molecule has 0 N–H and O–H groups in total. The number of aromatic nitrogens is 1. The van der Waals surface area contributed by atoms with E-state index >= 15 is 0 Å². The van der Waals surface area contributed by atoms with E-state index in [0.29, 0.717) is 15.9 Å². The molecule has 0 unspecified atom stereocenters. The molecule has 0 amide bonds. The highest BCUT2D eigenvalue weighted by Gasteiger charge is 2.36. The number of aryl methyl sites for hydroxylation is 1. The lowest BCUT2D eigenvalue weighted by atomic mass is 9.95. The number of alkyl halides is 5. The molecule has 0 fully saturated rings. The largest absolute Gasteiger partial charge is 0.418 e. The van der Waals surface area contributed by atoms with Crippen molar-refractivity contribution < 1.29 is 22.0 Å². The Balaban J connectivity index is 2.06. The van der Waals surface area contributed by atoms with Crippen LogP contribution in [0.1, 0.15) is 40.1 Å². The minimum Gasteiger partial charge on any atom is -0.294 e. The lowest BCUT2D eigenvalue weighted by Crippen LogP contribution is -2.15. The van der Waals surface area contributed by atoms with Gasteiger partial charge in [-0.3, -0.25) is 4.57 Å². The minimum absolute atomic E-state index is 0.0600. The molecular weight excluding hydrogens is 437 g/mol. The number of halogens is 5.